The highest BCUT2D eigenvalue weighted by molar-refractivity contribution is 5.47. The Bertz CT molecular complexity index is 454. The first-order valence-corrected chi connectivity index (χ1v) is 2.80. The maximum absolute atomic E-state index is 12.6. The summed E-state index contributed by atoms with van der Waals surface area (Å²) in [7, 11) is 0. The number of halogens is 3. The summed E-state index contributed by atoms with van der Waals surface area (Å²) >= 11 is 0. The highest BCUT2D eigenvalue weighted by Crippen LogP contribution is 2.31. The molecule has 0 atom stereocenters. The van der Waals surface area contributed by atoms with Gasteiger partial charge in [-0.05, 0) is 12.9 Å². The summed E-state index contributed by atoms with van der Waals surface area (Å²) in [4.78, 5) is 2.79. The van der Waals surface area contributed by atoms with Crippen LogP contribution < -0.4 is 5.73 Å². The lowest BCUT2D eigenvalue weighted by atomic mass is 10.2. The molecular weight excluding hydrogens is 169 g/mol. The summed E-state index contributed by atoms with van der Waals surface area (Å²) in [5, 5.41) is 0. The van der Waals surface area contributed by atoms with Gasteiger partial charge in [-0.3, -0.25) is 4.98 Å². The molecule has 0 aliphatic heterocycles. The first kappa shape index (κ1) is 4.11. The highest BCUT2D eigenvalue weighted by atomic mass is 19.4. The van der Waals surface area contributed by atoms with E-state index in [1.165, 1.54) is 0 Å². The van der Waals surface area contributed by atoms with E-state index < -0.39 is 42.2 Å². The van der Waals surface area contributed by atoms with Crippen molar-refractivity contribution in [1.82, 2.24) is 4.98 Å². The van der Waals surface area contributed by atoms with Gasteiger partial charge in [0.25, 0.3) is 0 Å². The van der Waals surface area contributed by atoms with Crippen LogP contribution in [-0.4, -0.2) is 4.98 Å². The maximum atomic E-state index is 12.6. The minimum atomic E-state index is -5.04. The van der Waals surface area contributed by atoms with E-state index in [1.807, 2.05) is 0 Å². The van der Waals surface area contributed by atoms with Crippen molar-refractivity contribution in [3.8, 4) is 0 Å². The number of alkyl halides is 3. The van der Waals surface area contributed by atoms with Crippen LogP contribution in [0.3, 0.4) is 0 Å². The molecule has 0 bridgehead atoms. The molecule has 1 aromatic rings. The van der Waals surface area contributed by atoms with E-state index in [-0.39, 0.29) is 0 Å². The monoisotopic (exact) mass is 181 g/mol. The molecule has 0 aliphatic carbocycles. The average Bonchev–Trinajstić information content (AvgIpc) is 2.09. The summed E-state index contributed by atoms with van der Waals surface area (Å²) < 4.78 is 72.8. The van der Waals surface area contributed by atoms with Crippen LogP contribution in [0.25, 0.3) is 0 Å². The summed E-state index contributed by atoms with van der Waals surface area (Å²) in [6, 6.07) is -0.830. The smallest absolute Gasteiger partial charge is 0.398 e. The second kappa shape index (κ2) is 2.66. The van der Waals surface area contributed by atoms with Gasteiger partial charge in [-0.1, -0.05) is 0 Å². The van der Waals surface area contributed by atoms with Crippen molar-refractivity contribution in [3.05, 3.63) is 23.5 Å². The van der Waals surface area contributed by atoms with Gasteiger partial charge in [-0.15, -0.1) is 0 Å². The number of aromatic nitrogens is 1. The number of nitrogen functional groups attached to an aromatic ring is 1. The lowest BCUT2D eigenvalue weighted by Crippen LogP contribution is -2.11. The van der Waals surface area contributed by atoms with E-state index in [0.717, 1.165) is 0 Å². The van der Waals surface area contributed by atoms with Gasteiger partial charge >= 0.3 is 6.18 Å². The molecule has 1 heterocycles. The standard InChI is InChI=1S/C7H7F3N2/c1-4-5(11)2-3-12-6(4)7(8,9)10/h2-3H,1H3,(H2,11,12)/i1D3,2D,3D. The van der Waals surface area contributed by atoms with E-state index in [9.17, 15) is 13.2 Å². The molecule has 0 aromatic carbocycles. The molecule has 0 saturated carbocycles. The summed E-state index contributed by atoms with van der Waals surface area (Å²) in [6.07, 6.45) is -6.05. The van der Waals surface area contributed by atoms with Crippen LogP contribution in [0, 0.1) is 6.85 Å². The van der Waals surface area contributed by atoms with Gasteiger partial charge < -0.3 is 5.73 Å². The third-order valence-electron chi connectivity index (χ3n) is 1.13. The molecule has 2 nitrogen and oxygen atoms in total. The molecule has 0 saturated heterocycles. The van der Waals surface area contributed by atoms with Gasteiger partial charge in [-0.25, -0.2) is 0 Å². The Morgan fingerprint density at radius 2 is 2.33 bits per heavy atom. The molecule has 0 spiro atoms. The molecule has 12 heavy (non-hydrogen) atoms. The highest BCUT2D eigenvalue weighted by Gasteiger charge is 2.34. The third-order valence-corrected chi connectivity index (χ3v) is 1.13. The predicted molar refractivity (Wildman–Crippen MR) is 38.4 cm³/mol. The van der Waals surface area contributed by atoms with Crippen LogP contribution in [0.1, 0.15) is 18.1 Å². The van der Waals surface area contributed by atoms with Crippen molar-refractivity contribution < 1.29 is 20.0 Å². The lowest BCUT2D eigenvalue weighted by molar-refractivity contribution is -0.141. The largest absolute Gasteiger partial charge is 0.433 e. The molecule has 0 fully saturated rings. The Balaban J connectivity index is 3.71. The summed E-state index contributed by atoms with van der Waals surface area (Å²) in [5.41, 5.74) is 1.30. The zero-order chi connectivity index (χ0) is 13.6. The number of rotatable bonds is 0. The maximum Gasteiger partial charge on any atom is 0.433 e. The summed E-state index contributed by atoms with van der Waals surface area (Å²) in [6.45, 7) is -3.15. The van der Waals surface area contributed by atoms with Gasteiger partial charge in [0.05, 0.1) is 2.74 Å². The molecule has 0 aliphatic rings. The SMILES string of the molecule is [2H]c1nc(C(F)(F)F)c(C([2H])([2H])[2H])c(N)c1[2H]. The second-order valence-corrected chi connectivity index (χ2v) is 1.98. The first-order chi connectivity index (χ1) is 7.46. The van der Waals surface area contributed by atoms with Crippen LogP contribution >= 0.6 is 0 Å². The first-order valence-electron chi connectivity index (χ1n) is 5.30. The molecule has 1 aromatic heterocycles. The zero-order valence-electron chi connectivity index (χ0n) is 10.7. The van der Waals surface area contributed by atoms with E-state index >= 15 is 0 Å². The Labute approximate surface area is 74.2 Å². The average molecular weight is 181 g/mol. The topological polar surface area (TPSA) is 38.9 Å². The van der Waals surface area contributed by atoms with Crippen LogP contribution in [0.15, 0.2) is 12.2 Å². The number of nitrogens with zero attached hydrogens (tertiary/aromatic N) is 1. The summed E-state index contributed by atoms with van der Waals surface area (Å²) in [5.74, 6) is 0. The normalized spacial score (nSPS) is 18.8. The van der Waals surface area contributed by atoms with Gasteiger partial charge in [0, 0.05) is 21.5 Å². The van der Waals surface area contributed by atoms with Crippen LogP contribution in [0.5, 0.6) is 0 Å². The van der Waals surface area contributed by atoms with Gasteiger partial charge in [-0.2, -0.15) is 13.2 Å². The van der Waals surface area contributed by atoms with E-state index in [4.69, 9.17) is 12.6 Å². The van der Waals surface area contributed by atoms with Crippen molar-refractivity contribution in [3.63, 3.8) is 0 Å². The van der Waals surface area contributed by atoms with Crippen LogP contribution in [-0.2, 0) is 6.18 Å². The predicted octanol–water partition coefficient (Wildman–Crippen LogP) is 1.99. The molecule has 0 radical (unpaired) electrons. The van der Waals surface area contributed by atoms with Gasteiger partial charge in [0.2, 0.25) is 0 Å². The molecule has 66 valence electrons. The number of nitrogens with two attached hydrogens (primary N) is 1. The van der Waals surface area contributed by atoms with Gasteiger partial charge in [0.1, 0.15) is 5.69 Å². The fraction of sp³-hybridized carbons (Fsp3) is 0.286. The van der Waals surface area contributed by atoms with Crippen molar-refractivity contribution >= 4 is 5.69 Å². The van der Waals surface area contributed by atoms with Crippen LogP contribution in [0.4, 0.5) is 18.9 Å². The van der Waals surface area contributed by atoms with Crippen molar-refractivity contribution in [2.75, 3.05) is 5.73 Å². The molecule has 0 unspecified atom stereocenters. The zero-order valence-corrected chi connectivity index (χ0v) is 5.66. The lowest BCUT2D eigenvalue weighted by Gasteiger charge is -2.09. The van der Waals surface area contributed by atoms with Crippen molar-refractivity contribution in [1.29, 1.82) is 0 Å². The fourth-order valence-corrected chi connectivity index (χ4v) is 0.595. The Hall–Kier alpha value is -1.26. The fourth-order valence-electron chi connectivity index (χ4n) is 0.595. The molecular formula is C7H7F3N2. The number of hydrogen-bond donors (Lipinski definition) is 1. The Kier molecular flexibility index (Phi) is 0.910. The van der Waals surface area contributed by atoms with E-state index in [2.05, 4.69) is 4.98 Å². The quantitative estimate of drug-likeness (QED) is 0.664. The van der Waals surface area contributed by atoms with Crippen molar-refractivity contribution in [2.24, 2.45) is 0 Å². The minimum absolute atomic E-state index is 0.830. The Morgan fingerprint density at radius 3 is 2.83 bits per heavy atom. The molecule has 1 rings (SSSR count). The van der Waals surface area contributed by atoms with Crippen molar-refractivity contribution in [2.45, 2.75) is 13.0 Å². The second-order valence-electron chi connectivity index (χ2n) is 1.98. The van der Waals surface area contributed by atoms with Crippen LogP contribution in [0.2, 0.25) is 0 Å². The van der Waals surface area contributed by atoms with E-state index in [0.29, 0.717) is 0 Å². The molecule has 0 amide bonds. The van der Waals surface area contributed by atoms with E-state index in [1.54, 1.807) is 0 Å². The number of hydrogen-bond acceptors (Lipinski definition) is 2. The molecule has 5 heteroatoms. The van der Waals surface area contributed by atoms with Gasteiger partial charge in [0.15, 0.2) is 0 Å². The number of pyridine rings is 1. The Morgan fingerprint density at radius 1 is 1.67 bits per heavy atom. The third kappa shape index (κ3) is 1.49. The minimum Gasteiger partial charge on any atom is -0.398 e. The number of anilines is 1. The molecule has 2 N–H and O–H groups in total.